The van der Waals surface area contributed by atoms with Crippen molar-refractivity contribution in [1.82, 2.24) is 0 Å². The van der Waals surface area contributed by atoms with Crippen LogP contribution < -0.4 is 5.32 Å². The van der Waals surface area contributed by atoms with E-state index >= 15 is 0 Å². The van der Waals surface area contributed by atoms with Crippen LogP contribution in [0.3, 0.4) is 0 Å². The van der Waals surface area contributed by atoms with Crippen LogP contribution in [0.15, 0.2) is 41.8 Å². The van der Waals surface area contributed by atoms with Gasteiger partial charge in [0.2, 0.25) is 0 Å². The summed E-state index contributed by atoms with van der Waals surface area (Å²) in [4.78, 5) is 1.44. The predicted octanol–water partition coefficient (Wildman–Crippen LogP) is 4.53. The maximum Gasteiger partial charge on any atom is 0.0375 e. The summed E-state index contributed by atoms with van der Waals surface area (Å²) in [7, 11) is 0. The zero-order valence-electron chi connectivity index (χ0n) is 10.4. The summed E-state index contributed by atoms with van der Waals surface area (Å²) in [5.41, 5.74) is 2.68. The highest BCUT2D eigenvalue weighted by Crippen LogP contribution is 2.23. The Morgan fingerprint density at radius 1 is 1.12 bits per heavy atom. The molecule has 2 heteroatoms. The Morgan fingerprint density at radius 3 is 2.65 bits per heavy atom. The van der Waals surface area contributed by atoms with Crippen LogP contribution in [0.1, 0.15) is 30.2 Å². The third-order valence-electron chi connectivity index (χ3n) is 2.85. The minimum atomic E-state index is 0.570. The van der Waals surface area contributed by atoms with E-state index in [-0.39, 0.29) is 0 Å². The molecule has 0 spiro atoms. The van der Waals surface area contributed by atoms with E-state index in [4.69, 9.17) is 0 Å². The Morgan fingerprint density at radius 2 is 1.94 bits per heavy atom. The van der Waals surface area contributed by atoms with Crippen molar-refractivity contribution in [2.75, 3.05) is 11.9 Å². The van der Waals surface area contributed by atoms with E-state index in [0.29, 0.717) is 5.92 Å². The molecule has 0 amide bonds. The normalized spacial score (nSPS) is 10.8. The fraction of sp³-hybridized carbons (Fsp3) is 0.333. The van der Waals surface area contributed by atoms with Gasteiger partial charge in [-0.15, -0.1) is 11.3 Å². The van der Waals surface area contributed by atoms with E-state index in [9.17, 15) is 0 Å². The lowest BCUT2D eigenvalue weighted by atomic mass is 10.0. The second kappa shape index (κ2) is 5.87. The molecule has 2 aromatic rings. The molecule has 0 bridgehead atoms. The second-order valence-corrected chi connectivity index (χ2v) is 5.53. The van der Waals surface area contributed by atoms with Crippen molar-refractivity contribution in [3.63, 3.8) is 0 Å². The highest BCUT2D eigenvalue weighted by molar-refractivity contribution is 7.09. The third-order valence-corrected chi connectivity index (χ3v) is 3.79. The largest absolute Gasteiger partial charge is 0.384 e. The minimum absolute atomic E-state index is 0.570. The zero-order chi connectivity index (χ0) is 12.1. The highest BCUT2D eigenvalue weighted by atomic mass is 32.1. The van der Waals surface area contributed by atoms with Gasteiger partial charge in [0.1, 0.15) is 0 Å². The summed E-state index contributed by atoms with van der Waals surface area (Å²) in [6.07, 6.45) is 1.10. The Hall–Kier alpha value is -1.28. The van der Waals surface area contributed by atoms with Crippen LogP contribution in [0.25, 0.3) is 0 Å². The Kier molecular flexibility index (Phi) is 4.21. The molecule has 90 valence electrons. The van der Waals surface area contributed by atoms with Crippen LogP contribution in [0, 0.1) is 0 Å². The summed E-state index contributed by atoms with van der Waals surface area (Å²) in [5, 5.41) is 5.68. The molecule has 1 heterocycles. The average Bonchev–Trinajstić information content (AvgIpc) is 2.82. The van der Waals surface area contributed by atoms with Crippen molar-refractivity contribution in [2.45, 2.75) is 26.2 Å². The molecule has 1 N–H and O–H groups in total. The van der Waals surface area contributed by atoms with Gasteiger partial charge in [-0.25, -0.2) is 0 Å². The Bertz CT molecular complexity index is 446. The summed E-state index contributed by atoms with van der Waals surface area (Å²) in [6, 6.07) is 12.9. The van der Waals surface area contributed by atoms with Crippen LogP contribution in [0.2, 0.25) is 0 Å². The van der Waals surface area contributed by atoms with Crippen LogP contribution in [-0.2, 0) is 6.42 Å². The predicted molar refractivity (Wildman–Crippen MR) is 77.0 cm³/mol. The van der Waals surface area contributed by atoms with Gasteiger partial charge >= 0.3 is 0 Å². The number of nitrogens with one attached hydrogen (secondary N) is 1. The van der Waals surface area contributed by atoms with Gasteiger partial charge in [0.05, 0.1) is 0 Å². The van der Waals surface area contributed by atoms with Gasteiger partial charge in [0.25, 0.3) is 0 Å². The van der Waals surface area contributed by atoms with Gasteiger partial charge in [0, 0.05) is 17.1 Å². The van der Waals surface area contributed by atoms with Crippen molar-refractivity contribution < 1.29 is 0 Å². The smallest absolute Gasteiger partial charge is 0.0375 e. The second-order valence-electron chi connectivity index (χ2n) is 4.50. The fourth-order valence-electron chi connectivity index (χ4n) is 1.94. The molecule has 1 aromatic heterocycles. The van der Waals surface area contributed by atoms with E-state index in [1.807, 2.05) is 11.3 Å². The quantitative estimate of drug-likeness (QED) is 0.816. The Labute approximate surface area is 108 Å². The molecule has 0 unspecified atom stereocenters. The molecule has 0 saturated heterocycles. The lowest BCUT2D eigenvalue weighted by Crippen LogP contribution is -2.06. The zero-order valence-corrected chi connectivity index (χ0v) is 11.3. The maximum atomic E-state index is 3.54. The molecule has 0 atom stereocenters. The van der Waals surface area contributed by atoms with Crippen molar-refractivity contribution >= 4 is 17.0 Å². The van der Waals surface area contributed by atoms with Crippen LogP contribution in [-0.4, -0.2) is 6.54 Å². The molecular formula is C15H19NS. The first-order valence-electron chi connectivity index (χ1n) is 6.12. The topological polar surface area (TPSA) is 12.0 Å². The summed E-state index contributed by atoms with van der Waals surface area (Å²) in [6.45, 7) is 5.48. The van der Waals surface area contributed by atoms with E-state index in [0.717, 1.165) is 13.0 Å². The average molecular weight is 245 g/mol. The molecule has 1 nitrogen and oxygen atoms in total. The van der Waals surface area contributed by atoms with Crippen molar-refractivity contribution in [3.05, 3.63) is 52.2 Å². The number of benzene rings is 1. The lowest BCUT2D eigenvalue weighted by Gasteiger charge is -2.14. The number of rotatable bonds is 5. The molecule has 0 aliphatic carbocycles. The van der Waals surface area contributed by atoms with Gasteiger partial charge < -0.3 is 5.32 Å². The SMILES string of the molecule is CC(C)c1ccccc1NCCc1cccs1. The first-order chi connectivity index (χ1) is 8.27. The number of anilines is 1. The Balaban J connectivity index is 1.94. The molecule has 2 rings (SSSR count). The fourth-order valence-corrected chi connectivity index (χ4v) is 2.65. The van der Waals surface area contributed by atoms with Crippen LogP contribution >= 0.6 is 11.3 Å². The first kappa shape index (κ1) is 12.2. The standard InChI is InChI=1S/C15H19NS/c1-12(2)14-7-3-4-8-15(14)16-10-9-13-6-5-11-17-13/h3-8,11-12,16H,9-10H2,1-2H3. The van der Waals surface area contributed by atoms with Crippen molar-refractivity contribution in [2.24, 2.45) is 0 Å². The van der Waals surface area contributed by atoms with E-state index in [2.05, 4.69) is 60.9 Å². The minimum Gasteiger partial charge on any atom is -0.384 e. The van der Waals surface area contributed by atoms with Crippen LogP contribution in [0.4, 0.5) is 5.69 Å². The van der Waals surface area contributed by atoms with Gasteiger partial charge in [-0.05, 0) is 35.4 Å². The maximum absolute atomic E-state index is 3.54. The first-order valence-corrected chi connectivity index (χ1v) is 7.00. The van der Waals surface area contributed by atoms with Crippen molar-refractivity contribution in [1.29, 1.82) is 0 Å². The van der Waals surface area contributed by atoms with Crippen LogP contribution in [0.5, 0.6) is 0 Å². The molecule has 0 fully saturated rings. The molecule has 1 aromatic carbocycles. The third kappa shape index (κ3) is 3.34. The number of hydrogen-bond acceptors (Lipinski definition) is 2. The number of para-hydroxylation sites is 1. The molecule has 0 radical (unpaired) electrons. The summed E-state index contributed by atoms with van der Waals surface area (Å²) >= 11 is 1.83. The molecule has 17 heavy (non-hydrogen) atoms. The monoisotopic (exact) mass is 245 g/mol. The summed E-state index contributed by atoms with van der Waals surface area (Å²) < 4.78 is 0. The number of thiophene rings is 1. The molecule has 0 aliphatic heterocycles. The van der Waals surface area contributed by atoms with E-state index in [1.165, 1.54) is 16.1 Å². The highest BCUT2D eigenvalue weighted by Gasteiger charge is 2.04. The van der Waals surface area contributed by atoms with E-state index < -0.39 is 0 Å². The molecular weight excluding hydrogens is 226 g/mol. The van der Waals surface area contributed by atoms with Gasteiger partial charge in [-0.3, -0.25) is 0 Å². The number of hydrogen-bond donors (Lipinski definition) is 1. The van der Waals surface area contributed by atoms with Gasteiger partial charge in [-0.1, -0.05) is 38.1 Å². The van der Waals surface area contributed by atoms with E-state index in [1.54, 1.807) is 0 Å². The van der Waals surface area contributed by atoms with Gasteiger partial charge in [0.15, 0.2) is 0 Å². The summed E-state index contributed by atoms with van der Waals surface area (Å²) in [5.74, 6) is 0.570. The molecule has 0 saturated carbocycles. The molecule has 0 aliphatic rings. The lowest BCUT2D eigenvalue weighted by molar-refractivity contribution is 0.864. The van der Waals surface area contributed by atoms with Crippen molar-refractivity contribution in [3.8, 4) is 0 Å². The van der Waals surface area contributed by atoms with Gasteiger partial charge in [-0.2, -0.15) is 0 Å².